The predicted molar refractivity (Wildman–Crippen MR) is 156 cm³/mol. The zero-order valence-corrected chi connectivity index (χ0v) is 23.5. The van der Waals surface area contributed by atoms with Crippen LogP contribution in [0.5, 0.6) is 11.5 Å². The lowest BCUT2D eigenvalue weighted by molar-refractivity contribution is -0.158. The second kappa shape index (κ2) is 10.7. The van der Waals surface area contributed by atoms with Crippen LogP contribution in [0.3, 0.4) is 0 Å². The maximum atomic E-state index is 13.3. The minimum atomic E-state index is -0.605. The molecule has 0 spiro atoms. The third-order valence-corrected chi connectivity index (χ3v) is 8.33. The highest BCUT2D eigenvalue weighted by Crippen LogP contribution is 2.44. The SMILES string of the molecule is Cc1cc(N2CC(C(=O)O[C@@H]3CN(C)CC[C@@H]3c3c(O)cc(O)c4c(=O)cc(-c5ccccc5Cl)oc34)C2)ccn1. The van der Waals surface area contributed by atoms with E-state index in [1.165, 1.54) is 6.07 Å². The van der Waals surface area contributed by atoms with E-state index in [1.54, 1.807) is 30.5 Å². The molecule has 2 saturated heterocycles. The number of carbonyl (C=O) groups is 1. The molecule has 4 aromatic rings. The monoisotopic (exact) mass is 575 g/mol. The van der Waals surface area contributed by atoms with Gasteiger partial charge in [-0.1, -0.05) is 23.7 Å². The summed E-state index contributed by atoms with van der Waals surface area (Å²) >= 11 is 6.39. The van der Waals surface area contributed by atoms with Gasteiger partial charge in [0.1, 0.15) is 34.3 Å². The van der Waals surface area contributed by atoms with E-state index in [9.17, 15) is 19.8 Å². The molecule has 212 valence electrons. The van der Waals surface area contributed by atoms with Crippen molar-refractivity contribution >= 4 is 34.2 Å². The number of anilines is 1. The fraction of sp³-hybridized carbons (Fsp3) is 0.323. The Bertz CT molecular complexity index is 1700. The van der Waals surface area contributed by atoms with Gasteiger partial charge in [0.05, 0.1) is 10.9 Å². The molecule has 2 atom stereocenters. The second-order valence-electron chi connectivity index (χ2n) is 10.9. The number of ether oxygens (including phenoxy) is 1. The molecule has 0 aliphatic carbocycles. The lowest BCUT2D eigenvalue weighted by atomic mass is 9.85. The Balaban J connectivity index is 1.33. The van der Waals surface area contributed by atoms with Crippen LogP contribution in [-0.2, 0) is 9.53 Å². The number of hydrogen-bond acceptors (Lipinski definition) is 9. The normalized spacial score (nSPS) is 19.7. The van der Waals surface area contributed by atoms with Crippen molar-refractivity contribution in [3.8, 4) is 22.8 Å². The molecule has 2 fully saturated rings. The number of benzene rings is 2. The highest BCUT2D eigenvalue weighted by Gasteiger charge is 2.40. The number of nitrogens with zero attached hydrogens (tertiary/aromatic N) is 3. The molecule has 2 aliphatic heterocycles. The number of aryl methyl sites for hydroxylation is 1. The van der Waals surface area contributed by atoms with Crippen LogP contribution in [-0.4, -0.2) is 65.4 Å². The van der Waals surface area contributed by atoms with Crippen LogP contribution < -0.4 is 10.3 Å². The molecule has 0 bridgehead atoms. The Morgan fingerprint density at radius 1 is 1.10 bits per heavy atom. The summed E-state index contributed by atoms with van der Waals surface area (Å²) in [7, 11) is 1.94. The Labute approximate surface area is 241 Å². The van der Waals surface area contributed by atoms with Crippen molar-refractivity contribution in [2.45, 2.75) is 25.4 Å². The van der Waals surface area contributed by atoms with Gasteiger partial charge in [-0.2, -0.15) is 0 Å². The number of aromatic hydroxyl groups is 2. The summed E-state index contributed by atoms with van der Waals surface area (Å²) in [6.45, 7) is 4.12. The molecule has 6 rings (SSSR count). The van der Waals surface area contributed by atoms with Gasteiger partial charge in [0.2, 0.25) is 0 Å². The van der Waals surface area contributed by atoms with E-state index in [4.69, 9.17) is 20.8 Å². The molecule has 0 radical (unpaired) electrons. The number of carbonyl (C=O) groups excluding carboxylic acids is 1. The molecule has 2 aromatic heterocycles. The standard InChI is InChI=1S/C31H30ClN3O6/c1-17-11-19(7-9-33-17)35-14-18(15-35)31(39)41-27-16-34(2)10-8-21(27)28-23(36)12-24(37)29-25(38)13-26(40-30(28)29)20-5-3-4-6-22(20)32/h3-7,9,11-13,18,21,27,36-37H,8,10,14-16H2,1-2H3/t21-,27+/m0/s1. The molecule has 10 heteroatoms. The first kappa shape index (κ1) is 27.1. The Morgan fingerprint density at radius 2 is 1.88 bits per heavy atom. The number of piperidine rings is 1. The Morgan fingerprint density at radius 3 is 2.63 bits per heavy atom. The van der Waals surface area contributed by atoms with Crippen molar-refractivity contribution in [2.75, 3.05) is 38.1 Å². The third kappa shape index (κ3) is 5.11. The van der Waals surface area contributed by atoms with Crippen LogP contribution in [0, 0.1) is 12.8 Å². The highest BCUT2D eigenvalue weighted by molar-refractivity contribution is 6.33. The number of hydrogen-bond donors (Lipinski definition) is 2. The Kier molecular flexibility index (Phi) is 7.09. The summed E-state index contributed by atoms with van der Waals surface area (Å²) < 4.78 is 12.3. The quantitative estimate of drug-likeness (QED) is 0.327. The maximum absolute atomic E-state index is 13.3. The van der Waals surface area contributed by atoms with E-state index < -0.39 is 17.5 Å². The molecular formula is C31H30ClN3O6. The molecule has 2 aromatic carbocycles. The number of halogens is 1. The lowest BCUT2D eigenvalue weighted by Crippen LogP contribution is -2.53. The topological polar surface area (TPSA) is 116 Å². The molecule has 9 nitrogen and oxygen atoms in total. The number of aromatic nitrogens is 1. The molecule has 0 unspecified atom stereocenters. The smallest absolute Gasteiger partial charge is 0.312 e. The first-order chi connectivity index (χ1) is 19.7. The number of esters is 1. The minimum absolute atomic E-state index is 0.0418. The van der Waals surface area contributed by atoms with E-state index in [0.29, 0.717) is 48.7 Å². The van der Waals surface area contributed by atoms with Crippen LogP contribution in [0.2, 0.25) is 5.02 Å². The third-order valence-electron chi connectivity index (χ3n) is 8.00. The Hall–Kier alpha value is -4.08. The number of fused-ring (bicyclic) bond motifs is 1. The molecule has 41 heavy (non-hydrogen) atoms. The van der Waals surface area contributed by atoms with Crippen molar-refractivity contribution in [1.29, 1.82) is 0 Å². The van der Waals surface area contributed by atoms with Gasteiger partial charge in [-0.3, -0.25) is 14.6 Å². The fourth-order valence-electron chi connectivity index (χ4n) is 5.81. The van der Waals surface area contributed by atoms with Crippen molar-refractivity contribution in [1.82, 2.24) is 9.88 Å². The lowest BCUT2D eigenvalue weighted by Gasteiger charge is -2.42. The van der Waals surface area contributed by atoms with E-state index in [-0.39, 0.29) is 40.1 Å². The van der Waals surface area contributed by atoms with Gasteiger partial charge < -0.3 is 29.2 Å². The number of pyridine rings is 1. The number of phenolic OH excluding ortho intramolecular Hbond substituents is 2. The maximum Gasteiger partial charge on any atom is 0.312 e. The van der Waals surface area contributed by atoms with E-state index in [1.807, 2.05) is 26.1 Å². The summed E-state index contributed by atoms with van der Waals surface area (Å²) in [5.74, 6) is -1.47. The number of phenols is 2. The number of rotatable bonds is 5. The molecule has 2 aliphatic rings. The summed E-state index contributed by atoms with van der Waals surface area (Å²) in [6.07, 6.45) is 1.68. The highest BCUT2D eigenvalue weighted by atomic mass is 35.5. The zero-order valence-electron chi connectivity index (χ0n) is 22.7. The van der Waals surface area contributed by atoms with E-state index in [2.05, 4.69) is 14.8 Å². The number of likely N-dealkylation sites (N-methyl/N-ethyl adjacent to an activating group) is 1. The minimum Gasteiger partial charge on any atom is -0.507 e. The first-order valence-corrected chi connectivity index (χ1v) is 13.9. The van der Waals surface area contributed by atoms with Crippen LogP contribution in [0.15, 0.2) is 63.9 Å². The summed E-state index contributed by atoms with van der Waals surface area (Å²) in [4.78, 5) is 34.9. The van der Waals surface area contributed by atoms with E-state index >= 15 is 0 Å². The average Bonchev–Trinajstić information content (AvgIpc) is 2.89. The summed E-state index contributed by atoms with van der Waals surface area (Å²) in [5, 5.41) is 22.1. The van der Waals surface area contributed by atoms with Crippen LogP contribution in [0.1, 0.15) is 23.6 Å². The van der Waals surface area contributed by atoms with E-state index in [0.717, 1.165) is 17.4 Å². The van der Waals surface area contributed by atoms with Gasteiger partial charge in [-0.05, 0) is 51.2 Å². The molecule has 4 heterocycles. The van der Waals surface area contributed by atoms with Crippen LogP contribution >= 0.6 is 11.6 Å². The second-order valence-corrected chi connectivity index (χ2v) is 11.3. The molecule has 0 amide bonds. The van der Waals surface area contributed by atoms with Crippen LogP contribution in [0.4, 0.5) is 5.69 Å². The molecule has 2 N–H and O–H groups in total. The summed E-state index contributed by atoms with van der Waals surface area (Å²) in [5.41, 5.74) is 2.35. The van der Waals surface area contributed by atoms with Gasteiger partial charge in [0.25, 0.3) is 0 Å². The van der Waals surface area contributed by atoms with Crippen molar-refractivity contribution < 1.29 is 24.2 Å². The first-order valence-electron chi connectivity index (χ1n) is 13.5. The van der Waals surface area contributed by atoms with Gasteiger partial charge >= 0.3 is 5.97 Å². The average molecular weight is 576 g/mol. The van der Waals surface area contributed by atoms with Gasteiger partial charge in [-0.25, -0.2) is 0 Å². The van der Waals surface area contributed by atoms with Gasteiger partial charge in [0.15, 0.2) is 5.43 Å². The largest absolute Gasteiger partial charge is 0.507 e. The molecule has 0 saturated carbocycles. The van der Waals surface area contributed by atoms with Gasteiger partial charge in [0, 0.05) is 66.4 Å². The molecular weight excluding hydrogens is 546 g/mol. The summed E-state index contributed by atoms with van der Waals surface area (Å²) in [6, 6.07) is 13.3. The van der Waals surface area contributed by atoms with Crippen molar-refractivity contribution in [2.24, 2.45) is 5.92 Å². The van der Waals surface area contributed by atoms with Gasteiger partial charge in [-0.15, -0.1) is 0 Å². The van der Waals surface area contributed by atoms with Crippen molar-refractivity contribution in [3.05, 3.63) is 81.2 Å². The van der Waals surface area contributed by atoms with Crippen molar-refractivity contribution in [3.63, 3.8) is 0 Å². The van der Waals surface area contributed by atoms with Crippen LogP contribution in [0.25, 0.3) is 22.3 Å². The zero-order chi connectivity index (χ0) is 28.8. The number of likely N-dealkylation sites (tertiary alicyclic amines) is 1. The predicted octanol–water partition coefficient (Wildman–Crippen LogP) is 4.70. The fourth-order valence-corrected chi connectivity index (χ4v) is 6.03.